The monoisotopic (exact) mass is 418 g/mol. The lowest BCUT2D eigenvalue weighted by molar-refractivity contribution is 0.414. The summed E-state index contributed by atoms with van der Waals surface area (Å²) in [6.07, 6.45) is 1.81. The first kappa shape index (κ1) is 22.2. The molecule has 0 unspecified atom stereocenters. The maximum absolute atomic E-state index is 11.9. The Labute approximate surface area is 183 Å². The van der Waals surface area contributed by atoms with Gasteiger partial charge in [-0.15, -0.1) is 0 Å². The Hall–Kier alpha value is -3.54. The summed E-state index contributed by atoms with van der Waals surface area (Å²) in [5.74, 6) is 1.71. The van der Waals surface area contributed by atoms with Gasteiger partial charge in [0, 0.05) is 32.4 Å². The molecule has 3 rings (SSSR count). The van der Waals surface area contributed by atoms with E-state index in [9.17, 15) is 4.79 Å². The second-order valence-corrected chi connectivity index (χ2v) is 7.36. The molecule has 1 N–H and O–H groups in total. The van der Waals surface area contributed by atoms with E-state index in [1.807, 2.05) is 31.4 Å². The number of aliphatic imine (C=N–C) groups is 1. The van der Waals surface area contributed by atoms with Gasteiger partial charge < -0.3 is 19.5 Å². The standard InChI is InChI=1S/C25H30N4O2/c1-4-26-25(28(2)18-21-12-14-23(31-3)15-13-21)27-17-20-8-10-22(11-9-20)19-29-16-6-5-7-24(29)30/h5-16H,4,17-19H2,1-3H3,(H,26,27). The number of guanidine groups is 1. The lowest BCUT2D eigenvalue weighted by Crippen LogP contribution is -2.38. The van der Waals surface area contributed by atoms with E-state index >= 15 is 0 Å². The topological polar surface area (TPSA) is 58.9 Å². The Morgan fingerprint density at radius 1 is 1.00 bits per heavy atom. The first-order valence-corrected chi connectivity index (χ1v) is 10.4. The maximum atomic E-state index is 11.9. The summed E-state index contributed by atoms with van der Waals surface area (Å²) in [5, 5.41) is 3.36. The number of nitrogens with zero attached hydrogens (tertiary/aromatic N) is 3. The molecule has 31 heavy (non-hydrogen) atoms. The van der Waals surface area contributed by atoms with Gasteiger partial charge in [-0.3, -0.25) is 4.79 Å². The summed E-state index contributed by atoms with van der Waals surface area (Å²) in [6.45, 7) is 4.77. The molecule has 2 aromatic carbocycles. The third-order valence-corrected chi connectivity index (χ3v) is 4.96. The summed E-state index contributed by atoms with van der Waals surface area (Å²) in [7, 11) is 3.71. The zero-order valence-electron chi connectivity index (χ0n) is 18.4. The van der Waals surface area contributed by atoms with Crippen LogP contribution in [0.2, 0.25) is 0 Å². The summed E-state index contributed by atoms with van der Waals surface area (Å²) in [4.78, 5) is 18.8. The van der Waals surface area contributed by atoms with Crippen molar-refractivity contribution >= 4 is 5.96 Å². The van der Waals surface area contributed by atoms with Crippen molar-refractivity contribution in [1.29, 1.82) is 0 Å². The van der Waals surface area contributed by atoms with Crippen molar-refractivity contribution in [1.82, 2.24) is 14.8 Å². The molecule has 0 spiro atoms. The maximum Gasteiger partial charge on any atom is 0.250 e. The lowest BCUT2D eigenvalue weighted by Gasteiger charge is -2.22. The van der Waals surface area contributed by atoms with Crippen molar-refractivity contribution in [3.8, 4) is 5.75 Å². The minimum atomic E-state index is 0.00588. The third kappa shape index (κ3) is 6.47. The number of methoxy groups -OCH3 is 1. The van der Waals surface area contributed by atoms with Gasteiger partial charge in [-0.2, -0.15) is 0 Å². The highest BCUT2D eigenvalue weighted by molar-refractivity contribution is 5.79. The van der Waals surface area contributed by atoms with E-state index < -0.39 is 0 Å². The van der Waals surface area contributed by atoms with Crippen molar-refractivity contribution in [3.63, 3.8) is 0 Å². The van der Waals surface area contributed by atoms with Crippen LogP contribution in [-0.4, -0.2) is 36.1 Å². The fraction of sp³-hybridized carbons (Fsp3) is 0.280. The normalized spacial score (nSPS) is 11.3. The molecule has 0 saturated carbocycles. The van der Waals surface area contributed by atoms with Crippen molar-refractivity contribution in [2.45, 2.75) is 26.6 Å². The van der Waals surface area contributed by atoms with Crippen molar-refractivity contribution in [3.05, 3.63) is 100.0 Å². The van der Waals surface area contributed by atoms with Crippen LogP contribution >= 0.6 is 0 Å². The predicted octanol–water partition coefficient (Wildman–Crippen LogP) is 3.50. The second-order valence-electron chi connectivity index (χ2n) is 7.36. The Kier molecular flexibility index (Phi) is 7.87. The van der Waals surface area contributed by atoms with Crippen LogP contribution in [0.1, 0.15) is 23.6 Å². The van der Waals surface area contributed by atoms with E-state index in [1.54, 1.807) is 23.8 Å². The molecule has 0 aliphatic carbocycles. The van der Waals surface area contributed by atoms with Crippen LogP contribution in [0.3, 0.4) is 0 Å². The lowest BCUT2D eigenvalue weighted by atomic mass is 10.1. The van der Waals surface area contributed by atoms with Crippen LogP contribution in [0, 0.1) is 0 Å². The number of pyridine rings is 1. The number of rotatable bonds is 8. The van der Waals surface area contributed by atoms with Crippen molar-refractivity contribution in [2.24, 2.45) is 4.99 Å². The van der Waals surface area contributed by atoms with Crippen LogP contribution in [0.5, 0.6) is 5.75 Å². The Bertz CT molecular complexity index is 1040. The predicted molar refractivity (Wildman–Crippen MR) is 126 cm³/mol. The molecule has 0 bridgehead atoms. The van der Waals surface area contributed by atoms with Crippen LogP contribution in [0.4, 0.5) is 0 Å². The molecular weight excluding hydrogens is 388 g/mol. The van der Waals surface area contributed by atoms with E-state index in [1.165, 1.54) is 5.56 Å². The van der Waals surface area contributed by atoms with Gasteiger partial charge in [-0.1, -0.05) is 42.5 Å². The summed E-state index contributed by atoms with van der Waals surface area (Å²) < 4.78 is 6.93. The van der Waals surface area contributed by atoms with Crippen LogP contribution < -0.4 is 15.6 Å². The zero-order valence-corrected chi connectivity index (χ0v) is 18.4. The Balaban J connectivity index is 1.63. The number of ether oxygens (including phenoxy) is 1. The van der Waals surface area contributed by atoms with Gasteiger partial charge >= 0.3 is 0 Å². The fourth-order valence-electron chi connectivity index (χ4n) is 3.25. The molecule has 1 aromatic heterocycles. The number of benzene rings is 2. The van der Waals surface area contributed by atoms with Crippen molar-refractivity contribution < 1.29 is 4.74 Å². The van der Waals surface area contributed by atoms with Crippen LogP contribution in [0.25, 0.3) is 0 Å². The second kappa shape index (κ2) is 11.0. The number of hydrogen-bond acceptors (Lipinski definition) is 3. The van der Waals surface area contributed by atoms with Gasteiger partial charge in [0.15, 0.2) is 5.96 Å². The molecule has 0 saturated heterocycles. The minimum absolute atomic E-state index is 0.00588. The SMILES string of the molecule is CCNC(=NCc1ccc(Cn2ccccc2=O)cc1)N(C)Cc1ccc(OC)cc1. The Morgan fingerprint density at radius 2 is 1.68 bits per heavy atom. The van der Waals surface area contributed by atoms with Gasteiger partial charge in [0.1, 0.15) is 5.75 Å². The fourth-order valence-corrected chi connectivity index (χ4v) is 3.25. The molecule has 0 aliphatic rings. The van der Waals surface area contributed by atoms with Gasteiger partial charge in [-0.05, 0) is 41.8 Å². The first-order chi connectivity index (χ1) is 15.1. The number of aromatic nitrogens is 1. The van der Waals surface area contributed by atoms with E-state index in [-0.39, 0.29) is 5.56 Å². The highest BCUT2D eigenvalue weighted by Gasteiger charge is 2.07. The number of nitrogens with one attached hydrogen (secondary N) is 1. The van der Waals surface area contributed by atoms with E-state index in [0.717, 1.165) is 35.9 Å². The third-order valence-electron chi connectivity index (χ3n) is 4.96. The molecule has 6 heteroatoms. The molecule has 3 aromatic rings. The molecule has 0 atom stereocenters. The molecule has 0 radical (unpaired) electrons. The highest BCUT2D eigenvalue weighted by atomic mass is 16.5. The van der Waals surface area contributed by atoms with E-state index in [0.29, 0.717) is 13.1 Å². The van der Waals surface area contributed by atoms with Crippen molar-refractivity contribution in [2.75, 3.05) is 20.7 Å². The minimum Gasteiger partial charge on any atom is -0.497 e. The van der Waals surface area contributed by atoms with Gasteiger partial charge in [0.05, 0.1) is 20.2 Å². The summed E-state index contributed by atoms with van der Waals surface area (Å²) in [5.41, 5.74) is 3.41. The van der Waals surface area contributed by atoms with Crippen LogP contribution in [0.15, 0.2) is 82.7 Å². The Morgan fingerprint density at radius 3 is 2.32 bits per heavy atom. The molecule has 0 aliphatic heterocycles. The quantitative estimate of drug-likeness (QED) is 0.449. The van der Waals surface area contributed by atoms with Gasteiger partial charge in [0.25, 0.3) is 5.56 Å². The van der Waals surface area contributed by atoms with Crippen LogP contribution in [-0.2, 0) is 19.6 Å². The molecule has 162 valence electrons. The molecule has 1 heterocycles. The smallest absolute Gasteiger partial charge is 0.250 e. The average Bonchev–Trinajstić information content (AvgIpc) is 2.79. The summed E-state index contributed by atoms with van der Waals surface area (Å²) in [6, 6.07) is 21.5. The van der Waals surface area contributed by atoms with Gasteiger partial charge in [-0.25, -0.2) is 4.99 Å². The summed E-state index contributed by atoms with van der Waals surface area (Å²) >= 11 is 0. The zero-order chi connectivity index (χ0) is 22.1. The van der Waals surface area contributed by atoms with E-state index in [2.05, 4.69) is 53.5 Å². The van der Waals surface area contributed by atoms with E-state index in [4.69, 9.17) is 9.73 Å². The molecule has 0 amide bonds. The highest BCUT2D eigenvalue weighted by Crippen LogP contribution is 2.13. The van der Waals surface area contributed by atoms with Gasteiger partial charge in [0.2, 0.25) is 0 Å². The molecule has 0 fully saturated rings. The molecule has 6 nitrogen and oxygen atoms in total. The first-order valence-electron chi connectivity index (χ1n) is 10.4. The average molecular weight is 419 g/mol. The number of hydrogen-bond donors (Lipinski definition) is 1. The largest absolute Gasteiger partial charge is 0.497 e. The molecular formula is C25H30N4O2.